The van der Waals surface area contributed by atoms with Crippen LogP contribution in [0.5, 0.6) is 0 Å². The average Bonchev–Trinajstić information content (AvgIpc) is 3.02. The second kappa shape index (κ2) is 12.7. The van der Waals surface area contributed by atoms with Gasteiger partial charge in [0.2, 0.25) is 0 Å². The van der Waals surface area contributed by atoms with E-state index in [9.17, 15) is 16.8 Å². The fourth-order valence-corrected chi connectivity index (χ4v) is 13.8. The van der Waals surface area contributed by atoms with E-state index in [1.165, 1.54) is 16.6 Å². The van der Waals surface area contributed by atoms with Crippen molar-refractivity contribution in [3.8, 4) is 0 Å². The summed E-state index contributed by atoms with van der Waals surface area (Å²) in [7, 11) is -10.8. The molecule has 4 aromatic rings. The largest absolute Gasteiger partial charge is 0.405 e. The fraction of sp³-hybridized carbons (Fsp3) is 0.278. The minimum atomic E-state index is -4.01. The van der Waals surface area contributed by atoms with Crippen LogP contribution >= 0.6 is 0 Å². The summed E-state index contributed by atoms with van der Waals surface area (Å²) in [5.41, 5.74) is 1.90. The maximum atomic E-state index is 14.1. The first kappa shape index (κ1) is 32.9. The van der Waals surface area contributed by atoms with Crippen LogP contribution in [0, 0.1) is 13.8 Å². The highest BCUT2D eigenvalue weighted by Crippen LogP contribution is 2.38. The van der Waals surface area contributed by atoms with Gasteiger partial charge < -0.3 is 4.43 Å². The lowest BCUT2D eigenvalue weighted by Crippen LogP contribution is -2.67. The van der Waals surface area contributed by atoms with Gasteiger partial charge >= 0.3 is 0 Å². The van der Waals surface area contributed by atoms with E-state index in [-0.39, 0.29) is 27.9 Å². The first-order chi connectivity index (χ1) is 21.3. The molecule has 0 bridgehead atoms. The summed E-state index contributed by atoms with van der Waals surface area (Å²) >= 11 is 0. The van der Waals surface area contributed by atoms with E-state index >= 15 is 0 Å². The van der Waals surface area contributed by atoms with Gasteiger partial charge in [0.25, 0.3) is 18.3 Å². The third-order valence-corrected chi connectivity index (χ3v) is 17.5. The minimum absolute atomic E-state index is 0.0165. The third-order valence-electron chi connectivity index (χ3n) is 8.57. The molecule has 1 heterocycles. The van der Waals surface area contributed by atoms with Crippen molar-refractivity contribution in [1.29, 1.82) is 0 Å². The number of sulfonamides is 1. The maximum absolute atomic E-state index is 14.1. The highest BCUT2D eigenvalue weighted by molar-refractivity contribution is 7.92. The summed E-state index contributed by atoms with van der Waals surface area (Å²) in [6, 6.07) is 33.0. The molecule has 236 valence electrons. The molecule has 9 heteroatoms. The highest BCUT2D eigenvalue weighted by atomic mass is 32.2. The van der Waals surface area contributed by atoms with E-state index in [0.29, 0.717) is 0 Å². The molecule has 0 aromatic heterocycles. The highest BCUT2D eigenvalue weighted by Gasteiger charge is 2.51. The van der Waals surface area contributed by atoms with Crippen molar-refractivity contribution in [1.82, 2.24) is 4.31 Å². The van der Waals surface area contributed by atoms with Crippen LogP contribution < -0.4 is 10.4 Å². The van der Waals surface area contributed by atoms with Gasteiger partial charge in [-0.15, -0.1) is 0 Å². The molecule has 0 aliphatic carbocycles. The lowest BCUT2D eigenvalue weighted by Gasteiger charge is -2.45. The Hall–Kier alpha value is -3.50. The zero-order valence-electron chi connectivity index (χ0n) is 26.4. The molecular formula is C36H41NO5S2Si. The first-order valence-corrected chi connectivity index (χ1v) is 20.0. The monoisotopic (exact) mass is 659 g/mol. The molecule has 0 radical (unpaired) electrons. The maximum Gasteiger partial charge on any atom is 0.264 e. The Morgan fingerprint density at radius 1 is 0.711 bits per heavy atom. The van der Waals surface area contributed by atoms with Gasteiger partial charge in [0, 0.05) is 6.20 Å². The lowest BCUT2D eigenvalue weighted by molar-refractivity contribution is 0.208. The molecule has 2 atom stereocenters. The van der Waals surface area contributed by atoms with Gasteiger partial charge in [0.15, 0.2) is 9.84 Å². The van der Waals surface area contributed by atoms with Crippen molar-refractivity contribution >= 4 is 38.6 Å². The second-order valence-corrected chi connectivity index (χ2v) is 21.1. The SMILES string of the molecule is Cc1ccc(S(=O)(=O)[C@H]2C=CN(S(=O)(=O)c3ccc(C)cc3)[C@@H](CO[Si](c3ccccc3)(c3ccccc3)C(C)(C)C)C2)cc1. The van der Waals surface area contributed by atoms with E-state index in [0.717, 1.165) is 21.5 Å². The molecule has 5 rings (SSSR count). The van der Waals surface area contributed by atoms with E-state index in [1.807, 2.05) is 50.2 Å². The number of rotatable bonds is 9. The normalized spacial score (nSPS) is 17.8. The van der Waals surface area contributed by atoms with Gasteiger partial charge in [-0.2, -0.15) is 0 Å². The number of nitrogens with zero attached hydrogens (tertiary/aromatic N) is 1. The molecule has 0 amide bonds. The minimum Gasteiger partial charge on any atom is -0.405 e. The molecule has 4 aromatic carbocycles. The van der Waals surface area contributed by atoms with E-state index in [4.69, 9.17) is 4.43 Å². The number of sulfone groups is 1. The summed E-state index contributed by atoms with van der Waals surface area (Å²) in [5, 5.41) is 0.866. The standard InChI is InChI=1S/C36H41NO5S2Si/c1-28-16-20-31(21-17-28)43(38,39)33-24-25-37(44(40,41)32-22-18-29(2)19-23-32)30(26-33)27-42-45(36(3,4)5,34-12-8-6-9-13-34)35-14-10-7-11-15-35/h6-25,30,33H,26-27H2,1-5H3/t30-,33+/m1/s1. The number of aryl methyl sites for hydroxylation is 2. The number of hydrogen-bond acceptors (Lipinski definition) is 5. The van der Waals surface area contributed by atoms with Crippen molar-refractivity contribution in [2.24, 2.45) is 0 Å². The van der Waals surface area contributed by atoms with Crippen LogP contribution in [0.15, 0.2) is 131 Å². The number of hydrogen-bond donors (Lipinski definition) is 0. The zero-order chi connectivity index (χ0) is 32.5. The van der Waals surface area contributed by atoms with Crippen LogP contribution in [-0.2, 0) is 24.3 Å². The lowest BCUT2D eigenvalue weighted by atomic mass is 10.1. The van der Waals surface area contributed by atoms with Crippen LogP contribution in [0.4, 0.5) is 0 Å². The van der Waals surface area contributed by atoms with Crippen molar-refractivity contribution < 1.29 is 21.3 Å². The van der Waals surface area contributed by atoms with Crippen LogP contribution in [0.25, 0.3) is 0 Å². The Kier molecular flexibility index (Phi) is 9.29. The molecule has 0 N–H and O–H groups in total. The summed E-state index contributed by atoms with van der Waals surface area (Å²) in [4.78, 5) is 0.359. The average molecular weight is 660 g/mol. The van der Waals surface area contributed by atoms with Gasteiger partial charge in [-0.3, -0.25) is 4.31 Å². The van der Waals surface area contributed by atoms with E-state index in [1.54, 1.807) is 48.5 Å². The molecule has 1 aliphatic rings. The van der Waals surface area contributed by atoms with Gasteiger partial charge in [-0.05, 0) is 66.0 Å². The number of benzene rings is 4. The quantitative estimate of drug-likeness (QED) is 0.206. The Morgan fingerprint density at radius 3 is 1.64 bits per heavy atom. The van der Waals surface area contributed by atoms with Crippen LogP contribution in [-0.4, -0.2) is 47.4 Å². The van der Waals surface area contributed by atoms with Crippen LogP contribution in [0.1, 0.15) is 38.3 Å². The van der Waals surface area contributed by atoms with Crippen molar-refractivity contribution in [3.63, 3.8) is 0 Å². The van der Waals surface area contributed by atoms with Gasteiger partial charge in [0.05, 0.1) is 27.7 Å². The van der Waals surface area contributed by atoms with Crippen LogP contribution in [0.2, 0.25) is 5.04 Å². The Morgan fingerprint density at radius 2 is 1.18 bits per heavy atom. The third kappa shape index (κ3) is 6.45. The predicted molar refractivity (Wildman–Crippen MR) is 183 cm³/mol. The molecule has 6 nitrogen and oxygen atoms in total. The zero-order valence-corrected chi connectivity index (χ0v) is 29.1. The Labute approximate surface area is 269 Å². The molecule has 0 saturated carbocycles. The Balaban J connectivity index is 1.60. The van der Waals surface area contributed by atoms with Crippen molar-refractivity contribution in [2.75, 3.05) is 6.61 Å². The molecule has 0 fully saturated rings. The Bertz CT molecular complexity index is 1810. The molecule has 45 heavy (non-hydrogen) atoms. The molecular weight excluding hydrogens is 619 g/mol. The molecule has 0 spiro atoms. The summed E-state index contributed by atoms with van der Waals surface area (Å²) < 4.78 is 64.4. The molecule has 1 aliphatic heterocycles. The van der Waals surface area contributed by atoms with E-state index < -0.39 is 39.5 Å². The van der Waals surface area contributed by atoms with Crippen molar-refractivity contribution in [2.45, 2.75) is 67.2 Å². The smallest absolute Gasteiger partial charge is 0.264 e. The van der Waals surface area contributed by atoms with Gasteiger partial charge in [-0.1, -0.05) is 117 Å². The summed E-state index contributed by atoms with van der Waals surface area (Å²) in [5.74, 6) is 0. The van der Waals surface area contributed by atoms with Crippen molar-refractivity contribution in [3.05, 3.63) is 133 Å². The fourth-order valence-electron chi connectivity index (χ4n) is 6.12. The summed E-state index contributed by atoms with van der Waals surface area (Å²) in [6.45, 7) is 10.3. The van der Waals surface area contributed by atoms with Gasteiger partial charge in [-0.25, -0.2) is 16.8 Å². The predicted octanol–water partition coefficient (Wildman–Crippen LogP) is 6.00. The second-order valence-electron chi connectivity index (χ2n) is 12.7. The first-order valence-electron chi connectivity index (χ1n) is 15.1. The van der Waals surface area contributed by atoms with Crippen LogP contribution in [0.3, 0.4) is 0 Å². The van der Waals surface area contributed by atoms with E-state index in [2.05, 4.69) is 45.0 Å². The topological polar surface area (TPSA) is 80.8 Å². The summed E-state index contributed by atoms with van der Waals surface area (Å²) in [6.07, 6.45) is 2.98. The molecule has 0 saturated heterocycles. The van der Waals surface area contributed by atoms with Gasteiger partial charge in [0.1, 0.15) is 0 Å². The molecule has 0 unspecified atom stereocenters.